The number of nitrogens with one attached hydrogen (secondary N) is 1. The molecule has 0 bridgehead atoms. The fourth-order valence-electron chi connectivity index (χ4n) is 2.68. The van der Waals surface area contributed by atoms with Gasteiger partial charge in [0.1, 0.15) is 12.4 Å². The second kappa shape index (κ2) is 6.79. The highest BCUT2D eigenvalue weighted by atomic mass is 32.2. The van der Waals surface area contributed by atoms with Crippen molar-refractivity contribution in [2.75, 3.05) is 19.4 Å². The first kappa shape index (κ1) is 16.3. The van der Waals surface area contributed by atoms with Crippen LogP contribution in [0.25, 0.3) is 0 Å². The van der Waals surface area contributed by atoms with Crippen LogP contribution in [0.3, 0.4) is 0 Å². The molecule has 0 aliphatic heterocycles. The highest BCUT2D eigenvalue weighted by Gasteiger charge is 2.20. The van der Waals surface area contributed by atoms with Crippen molar-refractivity contribution in [3.63, 3.8) is 0 Å². The van der Waals surface area contributed by atoms with Crippen molar-refractivity contribution in [3.05, 3.63) is 29.3 Å². The standard InChI is InChI=1S/C16H25NO3S/c1-12(2)21(18,19)10-9-20-14-8-7-13-5-4-6-16(17-3)15(13)11-14/h7-8,11-12,16-17H,4-6,9-10H2,1-3H3. The molecule has 1 aromatic carbocycles. The van der Waals surface area contributed by atoms with Crippen LogP contribution in [0.15, 0.2) is 18.2 Å². The van der Waals surface area contributed by atoms with Crippen LogP contribution in [-0.2, 0) is 16.3 Å². The van der Waals surface area contributed by atoms with Crippen molar-refractivity contribution in [2.24, 2.45) is 0 Å². The summed E-state index contributed by atoms with van der Waals surface area (Å²) in [6.45, 7) is 3.61. The summed E-state index contributed by atoms with van der Waals surface area (Å²) in [7, 11) is -1.06. The fourth-order valence-corrected chi connectivity index (χ4v) is 3.47. The lowest BCUT2D eigenvalue weighted by atomic mass is 9.87. The molecule has 0 heterocycles. The summed E-state index contributed by atoms with van der Waals surface area (Å²) in [5.41, 5.74) is 2.65. The molecule has 0 saturated carbocycles. The average Bonchev–Trinajstić information content (AvgIpc) is 2.46. The molecule has 21 heavy (non-hydrogen) atoms. The van der Waals surface area contributed by atoms with E-state index in [9.17, 15) is 8.42 Å². The predicted octanol–water partition coefficient (Wildman–Crippen LogP) is 2.49. The Morgan fingerprint density at radius 1 is 1.38 bits per heavy atom. The molecule has 1 atom stereocenters. The van der Waals surface area contributed by atoms with E-state index in [0.717, 1.165) is 18.6 Å². The van der Waals surface area contributed by atoms with E-state index in [1.165, 1.54) is 17.5 Å². The van der Waals surface area contributed by atoms with Crippen LogP contribution in [0.2, 0.25) is 0 Å². The number of benzene rings is 1. The lowest BCUT2D eigenvalue weighted by Gasteiger charge is -2.25. The molecule has 0 spiro atoms. The largest absolute Gasteiger partial charge is 0.493 e. The Balaban J connectivity index is 2.02. The Morgan fingerprint density at radius 2 is 2.14 bits per heavy atom. The minimum atomic E-state index is -3.04. The first-order valence-corrected chi connectivity index (χ1v) is 9.30. The van der Waals surface area contributed by atoms with Crippen molar-refractivity contribution in [1.29, 1.82) is 0 Å². The van der Waals surface area contributed by atoms with Gasteiger partial charge < -0.3 is 10.1 Å². The lowest BCUT2D eigenvalue weighted by molar-refractivity contribution is 0.339. The van der Waals surface area contributed by atoms with Crippen molar-refractivity contribution in [1.82, 2.24) is 5.32 Å². The van der Waals surface area contributed by atoms with Crippen LogP contribution >= 0.6 is 0 Å². The van der Waals surface area contributed by atoms with E-state index in [2.05, 4.69) is 17.4 Å². The Kier molecular flexibility index (Phi) is 5.27. The van der Waals surface area contributed by atoms with Gasteiger partial charge >= 0.3 is 0 Å². The van der Waals surface area contributed by atoms with E-state index in [-0.39, 0.29) is 17.6 Å². The van der Waals surface area contributed by atoms with E-state index in [1.54, 1.807) is 13.8 Å². The SMILES string of the molecule is CNC1CCCc2ccc(OCCS(=O)(=O)C(C)C)cc21. The summed E-state index contributed by atoms with van der Waals surface area (Å²) in [6.07, 6.45) is 3.44. The zero-order valence-corrected chi connectivity index (χ0v) is 13.9. The van der Waals surface area contributed by atoms with E-state index < -0.39 is 9.84 Å². The van der Waals surface area contributed by atoms with Crippen LogP contribution in [0.4, 0.5) is 0 Å². The van der Waals surface area contributed by atoms with E-state index in [0.29, 0.717) is 6.04 Å². The lowest BCUT2D eigenvalue weighted by Crippen LogP contribution is -2.23. The third kappa shape index (κ3) is 3.98. The smallest absolute Gasteiger partial charge is 0.155 e. The van der Waals surface area contributed by atoms with Crippen LogP contribution in [-0.4, -0.2) is 33.1 Å². The van der Waals surface area contributed by atoms with Gasteiger partial charge in [0, 0.05) is 6.04 Å². The Labute approximate surface area is 127 Å². The molecule has 5 heteroatoms. The number of aryl methyl sites for hydroxylation is 1. The van der Waals surface area contributed by atoms with Crippen LogP contribution in [0, 0.1) is 0 Å². The van der Waals surface area contributed by atoms with Gasteiger partial charge in [0.05, 0.1) is 11.0 Å². The van der Waals surface area contributed by atoms with E-state index >= 15 is 0 Å². The van der Waals surface area contributed by atoms with Crippen molar-refractivity contribution in [2.45, 2.75) is 44.4 Å². The van der Waals surface area contributed by atoms with Gasteiger partial charge in [-0.25, -0.2) is 8.42 Å². The third-order valence-corrected chi connectivity index (χ3v) is 6.31. The molecule has 0 amide bonds. The maximum absolute atomic E-state index is 11.8. The van der Waals surface area contributed by atoms with Crippen LogP contribution < -0.4 is 10.1 Å². The van der Waals surface area contributed by atoms with Gasteiger partial charge in [-0.1, -0.05) is 6.07 Å². The molecular formula is C16H25NO3S. The molecule has 4 nitrogen and oxygen atoms in total. The zero-order valence-electron chi connectivity index (χ0n) is 13.1. The van der Waals surface area contributed by atoms with Crippen molar-refractivity contribution < 1.29 is 13.2 Å². The molecule has 0 radical (unpaired) electrons. The molecule has 0 saturated heterocycles. The Hall–Kier alpha value is -1.07. The van der Waals surface area contributed by atoms with Crippen molar-refractivity contribution in [3.8, 4) is 5.75 Å². The molecule has 1 unspecified atom stereocenters. The number of rotatable bonds is 6. The highest BCUT2D eigenvalue weighted by Crippen LogP contribution is 2.32. The van der Waals surface area contributed by atoms with Gasteiger partial charge in [-0.15, -0.1) is 0 Å². The molecule has 1 aliphatic rings. The summed E-state index contributed by atoms with van der Waals surface area (Å²) < 4.78 is 29.2. The van der Waals surface area contributed by atoms with Gasteiger partial charge in [-0.2, -0.15) is 0 Å². The van der Waals surface area contributed by atoms with E-state index in [4.69, 9.17) is 4.74 Å². The maximum atomic E-state index is 11.8. The summed E-state index contributed by atoms with van der Waals surface area (Å²) in [5.74, 6) is 0.826. The first-order chi connectivity index (χ1) is 9.94. The molecule has 2 rings (SSSR count). The zero-order chi connectivity index (χ0) is 15.5. The molecule has 1 aromatic rings. The summed E-state index contributed by atoms with van der Waals surface area (Å²) in [5, 5.41) is 2.98. The Bertz CT molecular complexity index is 581. The second-order valence-electron chi connectivity index (χ2n) is 5.86. The first-order valence-electron chi connectivity index (χ1n) is 7.58. The van der Waals surface area contributed by atoms with Gasteiger partial charge in [0.15, 0.2) is 9.84 Å². The Morgan fingerprint density at radius 3 is 2.81 bits per heavy atom. The second-order valence-corrected chi connectivity index (χ2v) is 8.54. The van der Waals surface area contributed by atoms with Gasteiger partial charge in [-0.05, 0) is 63.4 Å². The molecule has 1 N–H and O–H groups in total. The van der Waals surface area contributed by atoms with Gasteiger partial charge in [-0.3, -0.25) is 0 Å². The molecular weight excluding hydrogens is 286 g/mol. The quantitative estimate of drug-likeness (QED) is 0.877. The monoisotopic (exact) mass is 311 g/mol. The van der Waals surface area contributed by atoms with Gasteiger partial charge in [0.25, 0.3) is 0 Å². The normalized spacial score (nSPS) is 18.6. The minimum Gasteiger partial charge on any atom is -0.493 e. The highest BCUT2D eigenvalue weighted by molar-refractivity contribution is 7.91. The van der Waals surface area contributed by atoms with Gasteiger partial charge in [0.2, 0.25) is 0 Å². The topological polar surface area (TPSA) is 55.4 Å². The molecule has 0 fully saturated rings. The van der Waals surface area contributed by atoms with Crippen LogP contribution in [0.5, 0.6) is 5.75 Å². The maximum Gasteiger partial charge on any atom is 0.155 e. The summed E-state index contributed by atoms with van der Waals surface area (Å²) in [6, 6.07) is 6.47. The fraction of sp³-hybridized carbons (Fsp3) is 0.625. The number of ether oxygens (including phenoxy) is 1. The summed E-state index contributed by atoms with van der Waals surface area (Å²) >= 11 is 0. The molecule has 1 aliphatic carbocycles. The number of fused-ring (bicyclic) bond motifs is 1. The third-order valence-electron chi connectivity index (χ3n) is 4.13. The number of hydrogen-bond acceptors (Lipinski definition) is 4. The van der Waals surface area contributed by atoms with E-state index in [1.807, 2.05) is 13.1 Å². The minimum absolute atomic E-state index is 0.0667. The molecule has 0 aromatic heterocycles. The van der Waals surface area contributed by atoms with Crippen LogP contribution in [0.1, 0.15) is 43.9 Å². The number of sulfone groups is 1. The predicted molar refractivity (Wildman–Crippen MR) is 85.6 cm³/mol. The number of hydrogen-bond donors (Lipinski definition) is 1. The van der Waals surface area contributed by atoms with Crippen molar-refractivity contribution >= 4 is 9.84 Å². The summed E-state index contributed by atoms with van der Waals surface area (Å²) in [4.78, 5) is 0. The molecule has 118 valence electrons. The average molecular weight is 311 g/mol.